The van der Waals surface area contributed by atoms with Crippen molar-refractivity contribution in [1.29, 1.82) is 0 Å². The Labute approximate surface area is 130 Å². The van der Waals surface area contributed by atoms with Gasteiger partial charge in [-0.3, -0.25) is 0 Å². The zero-order valence-corrected chi connectivity index (χ0v) is 14.3. The zero-order valence-electron chi connectivity index (χ0n) is 14.3. The molecule has 0 heterocycles. The Morgan fingerprint density at radius 1 is 1.19 bits per heavy atom. The molecule has 2 rings (SSSR count). The Hall–Kier alpha value is -1.02. The van der Waals surface area contributed by atoms with Crippen molar-refractivity contribution < 1.29 is 4.74 Å². The van der Waals surface area contributed by atoms with Gasteiger partial charge in [-0.25, -0.2) is 0 Å². The first kappa shape index (κ1) is 16.4. The summed E-state index contributed by atoms with van der Waals surface area (Å²) in [5, 5.41) is 3.72. The molecule has 0 radical (unpaired) electrons. The van der Waals surface area contributed by atoms with Crippen LogP contribution >= 0.6 is 0 Å². The number of aryl methyl sites for hydroxylation is 2. The van der Waals surface area contributed by atoms with Gasteiger partial charge in [0.15, 0.2) is 0 Å². The first-order valence-electron chi connectivity index (χ1n) is 8.54. The Morgan fingerprint density at radius 3 is 2.52 bits per heavy atom. The number of hydrogen-bond acceptors (Lipinski definition) is 2. The van der Waals surface area contributed by atoms with E-state index in [-0.39, 0.29) is 0 Å². The Bertz CT molecular complexity index is 465. The van der Waals surface area contributed by atoms with Crippen molar-refractivity contribution in [3.8, 4) is 5.75 Å². The van der Waals surface area contributed by atoms with E-state index in [1.807, 2.05) is 0 Å². The summed E-state index contributed by atoms with van der Waals surface area (Å²) in [5.41, 5.74) is 2.81. The van der Waals surface area contributed by atoms with E-state index < -0.39 is 0 Å². The molecule has 118 valence electrons. The van der Waals surface area contributed by atoms with Crippen LogP contribution in [0.25, 0.3) is 0 Å². The maximum Gasteiger partial charge on any atom is 0.122 e. The van der Waals surface area contributed by atoms with Crippen molar-refractivity contribution in [1.82, 2.24) is 5.32 Å². The third-order valence-corrected chi connectivity index (χ3v) is 5.36. The Balaban J connectivity index is 2.11. The second-order valence-electron chi connectivity index (χ2n) is 6.56. The SMILES string of the molecule is CCCNC1CC(Oc2cc(C)ccc2C)C1(CC)CC. The lowest BCUT2D eigenvalue weighted by Crippen LogP contribution is -2.64. The van der Waals surface area contributed by atoms with Gasteiger partial charge in [-0.05, 0) is 56.8 Å². The summed E-state index contributed by atoms with van der Waals surface area (Å²) in [4.78, 5) is 0. The molecule has 1 aliphatic carbocycles. The largest absolute Gasteiger partial charge is 0.489 e. The molecule has 0 amide bonds. The summed E-state index contributed by atoms with van der Waals surface area (Å²) in [6.45, 7) is 12.2. The van der Waals surface area contributed by atoms with Crippen LogP contribution in [0, 0.1) is 19.3 Å². The third kappa shape index (κ3) is 3.11. The highest BCUT2D eigenvalue weighted by molar-refractivity contribution is 5.36. The fraction of sp³-hybridized carbons (Fsp3) is 0.684. The van der Waals surface area contributed by atoms with E-state index >= 15 is 0 Å². The van der Waals surface area contributed by atoms with Gasteiger partial charge in [-0.2, -0.15) is 0 Å². The molecule has 1 aromatic carbocycles. The van der Waals surface area contributed by atoms with Crippen molar-refractivity contribution in [2.24, 2.45) is 5.41 Å². The van der Waals surface area contributed by atoms with Gasteiger partial charge in [0, 0.05) is 17.9 Å². The summed E-state index contributed by atoms with van der Waals surface area (Å²) in [5.74, 6) is 1.07. The molecule has 2 unspecified atom stereocenters. The van der Waals surface area contributed by atoms with Crippen molar-refractivity contribution in [3.63, 3.8) is 0 Å². The maximum atomic E-state index is 6.43. The molecule has 0 bridgehead atoms. The number of hydrogen-bond donors (Lipinski definition) is 1. The van der Waals surface area contributed by atoms with E-state index in [1.54, 1.807) is 0 Å². The highest BCUT2D eigenvalue weighted by Crippen LogP contribution is 2.49. The van der Waals surface area contributed by atoms with Crippen molar-refractivity contribution >= 4 is 0 Å². The zero-order chi connectivity index (χ0) is 15.5. The molecule has 0 aliphatic heterocycles. The van der Waals surface area contributed by atoms with Gasteiger partial charge in [-0.1, -0.05) is 32.9 Å². The molecule has 1 saturated carbocycles. The molecule has 0 spiro atoms. The van der Waals surface area contributed by atoms with Crippen LogP contribution in [0.1, 0.15) is 57.6 Å². The molecule has 2 nitrogen and oxygen atoms in total. The van der Waals surface area contributed by atoms with E-state index in [2.05, 4.69) is 58.1 Å². The minimum atomic E-state index is 0.297. The van der Waals surface area contributed by atoms with E-state index in [0.717, 1.165) is 18.7 Å². The first-order valence-corrected chi connectivity index (χ1v) is 8.54. The van der Waals surface area contributed by atoms with Gasteiger partial charge in [0.05, 0.1) is 0 Å². The van der Waals surface area contributed by atoms with E-state index in [4.69, 9.17) is 4.74 Å². The molecule has 2 atom stereocenters. The standard InChI is InChI=1S/C19H31NO/c1-6-11-20-17-13-18(19(17,7-2)8-3)21-16-12-14(4)9-10-15(16)5/h9-10,12,17-18,20H,6-8,11,13H2,1-5H3. The molecule has 0 aromatic heterocycles. The molecule has 1 aliphatic rings. The maximum absolute atomic E-state index is 6.43. The fourth-order valence-corrected chi connectivity index (χ4v) is 3.70. The number of rotatable bonds is 7. The molecule has 1 fully saturated rings. The summed E-state index contributed by atoms with van der Waals surface area (Å²) in [6, 6.07) is 7.11. The van der Waals surface area contributed by atoms with Gasteiger partial charge < -0.3 is 10.1 Å². The molecule has 21 heavy (non-hydrogen) atoms. The summed E-state index contributed by atoms with van der Waals surface area (Å²) < 4.78 is 6.43. The lowest BCUT2D eigenvalue weighted by atomic mass is 9.58. The Kier molecular flexibility index (Phi) is 5.32. The highest BCUT2D eigenvalue weighted by atomic mass is 16.5. The topological polar surface area (TPSA) is 21.3 Å². The average Bonchev–Trinajstić information content (AvgIpc) is 2.47. The number of nitrogens with one attached hydrogen (secondary N) is 1. The van der Waals surface area contributed by atoms with Crippen LogP contribution < -0.4 is 10.1 Å². The van der Waals surface area contributed by atoms with Gasteiger partial charge in [0.2, 0.25) is 0 Å². The number of ether oxygens (including phenoxy) is 1. The summed E-state index contributed by atoms with van der Waals surface area (Å²) in [7, 11) is 0. The minimum Gasteiger partial charge on any atom is -0.489 e. The molecule has 1 aromatic rings. The van der Waals surface area contributed by atoms with Gasteiger partial charge in [0.1, 0.15) is 11.9 Å². The molecular weight excluding hydrogens is 258 g/mol. The summed E-state index contributed by atoms with van der Waals surface area (Å²) >= 11 is 0. The van der Waals surface area contributed by atoms with Crippen LogP contribution in [0.15, 0.2) is 18.2 Å². The molecule has 1 N–H and O–H groups in total. The van der Waals surface area contributed by atoms with Crippen LogP contribution in [0.2, 0.25) is 0 Å². The predicted octanol–water partition coefficient (Wildman–Crippen LogP) is 4.63. The van der Waals surface area contributed by atoms with E-state index in [0.29, 0.717) is 17.6 Å². The van der Waals surface area contributed by atoms with Crippen LogP contribution in [0.3, 0.4) is 0 Å². The van der Waals surface area contributed by atoms with Crippen LogP contribution in [0.4, 0.5) is 0 Å². The number of benzene rings is 1. The lowest BCUT2D eigenvalue weighted by Gasteiger charge is -2.55. The van der Waals surface area contributed by atoms with Crippen LogP contribution in [-0.4, -0.2) is 18.7 Å². The normalized spacial score (nSPS) is 23.7. The van der Waals surface area contributed by atoms with Crippen molar-refractivity contribution in [2.75, 3.05) is 6.54 Å². The summed E-state index contributed by atoms with van der Waals surface area (Å²) in [6.07, 6.45) is 5.04. The predicted molar refractivity (Wildman–Crippen MR) is 90.0 cm³/mol. The van der Waals surface area contributed by atoms with E-state index in [9.17, 15) is 0 Å². The van der Waals surface area contributed by atoms with Crippen LogP contribution in [-0.2, 0) is 0 Å². The van der Waals surface area contributed by atoms with Crippen molar-refractivity contribution in [3.05, 3.63) is 29.3 Å². The second-order valence-corrected chi connectivity index (χ2v) is 6.56. The quantitative estimate of drug-likeness (QED) is 0.790. The van der Waals surface area contributed by atoms with Crippen LogP contribution in [0.5, 0.6) is 5.75 Å². The van der Waals surface area contributed by atoms with Crippen molar-refractivity contribution in [2.45, 2.75) is 72.4 Å². The minimum absolute atomic E-state index is 0.297. The smallest absolute Gasteiger partial charge is 0.122 e. The second kappa shape index (κ2) is 6.83. The fourth-order valence-electron chi connectivity index (χ4n) is 3.70. The average molecular weight is 289 g/mol. The van der Waals surface area contributed by atoms with Gasteiger partial charge in [-0.15, -0.1) is 0 Å². The third-order valence-electron chi connectivity index (χ3n) is 5.36. The first-order chi connectivity index (χ1) is 10.1. The monoisotopic (exact) mass is 289 g/mol. The lowest BCUT2D eigenvalue weighted by molar-refractivity contribution is -0.0861. The molecule has 2 heteroatoms. The molecule has 0 saturated heterocycles. The van der Waals surface area contributed by atoms with Gasteiger partial charge >= 0.3 is 0 Å². The Morgan fingerprint density at radius 2 is 1.90 bits per heavy atom. The molecular formula is C19H31NO. The van der Waals surface area contributed by atoms with Gasteiger partial charge in [0.25, 0.3) is 0 Å². The highest BCUT2D eigenvalue weighted by Gasteiger charge is 2.54. The van der Waals surface area contributed by atoms with E-state index in [1.165, 1.54) is 30.4 Å².